The van der Waals surface area contributed by atoms with Crippen molar-refractivity contribution in [3.8, 4) is 11.8 Å². The van der Waals surface area contributed by atoms with Crippen molar-refractivity contribution in [1.82, 2.24) is 30.5 Å². The Kier molecular flexibility index (Phi) is 11.7. The van der Waals surface area contributed by atoms with Crippen molar-refractivity contribution >= 4 is 44.6 Å². The number of carbonyl (C=O) groups excluding carboxylic acids is 4. The third kappa shape index (κ3) is 8.38. The number of sulfonamides is 1. The van der Waals surface area contributed by atoms with E-state index in [4.69, 9.17) is 14.2 Å². The number of fused-ring (bicyclic) bond motifs is 3. The van der Waals surface area contributed by atoms with E-state index in [1.54, 1.807) is 43.3 Å². The van der Waals surface area contributed by atoms with Gasteiger partial charge in [0.05, 0.1) is 24.4 Å². The number of alkyl halides is 4. The van der Waals surface area contributed by atoms with Gasteiger partial charge in [-0.3, -0.25) is 19.1 Å². The van der Waals surface area contributed by atoms with Gasteiger partial charge in [-0.2, -0.15) is 13.2 Å². The molecule has 58 heavy (non-hydrogen) atoms. The molecule has 0 spiro atoms. The molecule has 2 aliphatic carbocycles. The van der Waals surface area contributed by atoms with E-state index in [0.29, 0.717) is 43.9 Å². The van der Waals surface area contributed by atoms with Crippen molar-refractivity contribution in [1.29, 1.82) is 0 Å². The molecule has 20 heteroatoms. The van der Waals surface area contributed by atoms with Crippen LogP contribution >= 0.6 is 0 Å². The predicted octanol–water partition coefficient (Wildman–Crippen LogP) is 4.26. The van der Waals surface area contributed by atoms with Crippen LogP contribution in [0, 0.1) is 17.8 Å². The molecule has 0 unspecified atom stereocenters. The average Bonchev–Trinajstić information content (AvgIpc) is 4.06. The molecular weight excluding hydrogens is 793 g/mol. The number of ether oxygens (including phenoxy) is 3. The molecule has 1 saturated heterocycles. The van der Waals surface area contributed by atoms with Gasteiger partial charge in [0.2, 0.25) is 39.2 Å². The summed E-state index contributed by atoms with van der Waals surface area (Å²) < 4.78 is 98.0. The molecule has 0 bridgehead atoms. The molecule has 1 aromatic carbocycles. The number of hydrogen-bond donors (Lipinski definition) is 3. The maximum atomic E-state index is 14.7. The number of carbonyl (C=O) groups is 4. The minimum atomic E-state index is -4.94. The molecule has 2 aliphatic heterocycles. The molecule has 2 aromatic rings. The van der Waals surface area contributed by atoms with Gasteiger partial charge in [-0.25, -0.2) is 17.6 Å². The van der Waals surface area contributed by atoms with E-state index in [1.165, 1.54) is 7.11 Å². The second-order valence-corrected chi connectivity index (χ2v) is 18.5. The monoisotopic (exact) mass is 840 g/mol. The van der Waals surface area contributed by atoms with Crippen LogP contribution in [0.25, 0.3) is 10.8 Å². The summed E-state index contributed by atoms with van der Waals surface area (Å²) in [5, 5.41) is 14.3. The number of rotatable bonds is 9. The minimum absolute atomic E-state index is 0.00480. The highest BCUT2D eigenvalue weighted by Gasteiger charge is 2.64. The number of methoxy groups -OCH3 is 1. The number of benzene rings is 1. The molecule has 318 valence electrons. The van der Waals surface area contributed by atoms with Crippen LogP contribution in [0.3, 0.4) is 0 Å². The van der Waals surface area contributed by atoms with Crippen LogP contribution in [0.4, 0.5) is 22.4 Å². The largest absolute Gasteiger partial charge is 0.479 e. The topological polar surface area (TPSA) is 195 Å². The van der Waals surface area contributed by atoms with E-state index in [-0.39, 0.29) is 49.9 Å². The van der Waals surface area contributed by atoms with Crippen LogP contribution in [0.2, 0.25) is 0 Å². The zero-order chi connectivity index (χ0) is 42.4. The fraction of sp³-hybridized carbons (Fsp3) is 0.632. The molecule has 3 fully saturated rings. The molecule has 7 atom stereocenters. The first kappa shape index (κ1) is 42.8. The first-order valence-corrected chi connectivity index (χ1v) is 20.6. The Morgan fingerprint density at radius 1 is 1.05 bits per heavy atom. The molecule has 4 amide bonds. The third-order valence-electron chi connectivity index (χ3n) is 11.7. The van der Waals surface area contributed by atoms with Crippen LogP contribution in [0.1, 0.15) is 72.6 Å². The Morgan fingerprint density at radius 3 is 2.33 bits per heavy atom. The summed E-state index contributed by atoms with van der Waals surface area (Å²) in [6.07, 6.45) is -2.63. The van der Waals surface area contributed by atoms with Crippen LogP contribution in [0.5, 0.6) is 11.8 Å². The molecule has 3 heterocycles. The van der Waals surface area contributed by atoms with E-state index >= 15 is 0 Å². The van der Waals surface area contributed by atoms with Gasteiger partial charge in [0, 0.05) is 12.3 Å². The molecule has 15 nitrogen and oxygen atoms in total. The van der Waals surface area contributed by atoms with E-state index in [9.17, 15) is 45.2 Å². The number of allylic oxidation sites excluding steroid dienone is 1. The van der Waals surface area contributed by atoms with E-state index in [1.807, 2.05) is 11.6 Å². The molecule has 3 N–H and O–H groups in total. The highest BCUT2D eigenvalue weighted by Crippen LogP contribution is 2.48. The zero-order valence-corrected chi connectivity index (χ0v) is 33.5. The first-order chi connectivity index (χ1) is 27.2. The van der Waals surface area contributed by atoms with Crippen LogP contribution in [0.15, 0.2) is 36.4 Å². The van der Waals surface area contributed by atoms with Crippen molar-refractivity contribution in [3.05, 3.63) is 36.4 Å². The number of nitrogens with zero attached hydrogens (tertiary/aromatic N) is 3. The molecule has 2 saturated carbocycles. The maximum absolute atomic E-state index is 14.7. The maximum Gasteiger partial charge on any atom is 0.427 e. The van der Waals surface area contributed by atoms with Crippen LogP contribution < -0.4 is 24.8 Å². The van der Waals surface area contributed by atoms with Crippen molar-refractivity contribution in [3.63, 3.8) is 0 Å². The predicted molar refractivity (Wildman–Crippen MR) is 199 cm³/mol. The van der Waals surface area contributed by atoms with E-state index in [0.717, 1.165) is 4.90 Å². The second kappa shape index (κ2) is 15.8. The number of aromatic nitrogens is 2. The smallest absolute Gasteiger partial charge is 0.427 e. The summed E-state index contributed by atoms with van der Waals surface area (Å²) in [5.74, 6) is -3.90. The quantitative estimate of drug-likeness (QED) is 0.241. The summed E-state index contributed by atoms with van der Waals surface area (Å²) in [5.41, 5.74) is -4.69. The molecule has 4 aliphatic rings. The summed E-state index contributed by atoms with van der Waals surface area (Å²) >= 11 is 0. The van der Waals surface area contributed by atoms with E-state index in [2.05, 4.69) is 20.8 Å². The third-order valence-corrected chi connectivity index (χ3v) is 13.8. The Labute approximate surface area is 333 Å². The van der Waals surface area contributed by atoms with Gasteiger partial charge in [-0.15, -0.1) is 10.2 Å². The number of amides is 4. The fourth-order valence-corrected chi connectivity index (χ4v) is 9.07. The van der Waals surface area contributed by atoms with Crippen molar-refractivity contribution in [2.24, 2.45) is 17.8 Å². The summed E-state index contributed by atoms with van der Waals surface area (Å²) in [7, 11) is -3.05. The van der Waals surface area contributed by atoms with Gasteiger partial charge < -0.3 is 29.7 Å². The number of nitrogens with one attached hydrogen (secondary N) is 3. The molecular formula is C38H48F4N6O9S. The number of alkyl carbamates (subject to hydrolysis) is 1. The van der Waals surface area contributed by atoms with Crippen molar-refractivity contribution in [2.45, 2.75) is 113 Å². The van der Waals surface area contributed by atoms with Crippen LogP contribution in [-0.4, -0.2) is 108 Å². The first-order valence-electron chi connectivity index (χ1n) is 19.1. The number of hydrogen-bond acceptors (Lipinski definition) is 11. The van der Waals surface area contributed by atoms with Gasteiger partial charge in [-0.05, 0) is 76.3 Å². The van der Waals surface area contributed by atoms with Crippen molar-refractivity contribution in [2.75, 3.05) is 20.3 Å². The fourth-order valence-electron chi connectivity index (χ4n) is 7.65. The highest BCUT2D eigenvalue weighted by atomic mass is 32.2. The summed E-state index contributed by atoms with van der Waals surface area (Å²) in [6.45, 7) is 3.42. The lowest BCUT2D eigenvalue weighted by Crippen LogP contribution is -2.60. The SMILES string of the molecule is COc1nnc(O[C@@H]2C[C@H]3C(=O)N[C@]4(C(=O)NS(=O)(=O)C5(CF)CC5)C[C@H]4/C=C\CC[C@@H](C)C[C@@H](C)[C@H](NC(=O)OC(C)(C)C(F)(F)F)C(=O)N3C2)c2ccccc12. The zero-order valence-electron chi connectivity index (χ0n) is 32.7. The summed E-state index contributed by atoms with van der Waals surface area (Å²) in [4.78, 5) is 57.3. The van der Waals surface area contributed by atoms with Gasteiger partial charge in [0.15, 0.2) is 0 Å². The lowest BCUT2D eigenvalue weighted by molar-refractivity contribution is -0.244. The minimum Gasteiger partial charge on any atom is -0.479 e. The molecule has 6 rings (SSSR count). The van der Waals surface area contributed by atoms with Gasteiger partial charge in [-0.1, -0.05) is 38.1 Å². The average molecular weight is 841 g/mol. The second-order valence-electron chi connectivity index (χ2n) is 16.4. The normalized spacial score (nSPS) is 29.4. The van der Waals surface area contributed by atoms with Gasteiger partial charge in [0.1, 0.15) is 35.1 Å². The van der Waals surface area contributed by atoms with Crippen LogP contribution in [-0.2, 0) is 29.1 Å². The standard InChI is InChI=1S/C38H48F4N6O9S/c1-21-10-6-7-11-23-18-37(23,33(51)47-58(53,54)36(20-39)14-15-36)44-29(49)27-17-24(56-31-26-13-9-8-12-25(26)30(55-5)45-46-31)19-48(27)32(50)28(22(2)16-21)43-34(52)57-35(3,4)38(40,41)42/h7-9,11-13,21-24,27-28H,6,10,14-20H2,1-5H3,(H,43,52)(H,44,49)(H,47,51)/b11-7-/t21-,22-,23-,24-,27+,28+,37-/m1/s1. The Balaban J connectivity index is 1.36. The van der Waals surface area contributed by atoms with Crippen molar-refractivity contribution < 1.29 is 59.4 Å². The highest BCUT2D eigenvalue weighted by molar-refractivity contribution is 7.91. The molecule has 1 aromatic heterocycles. The Hall–Kier alpha value is -4.75. The number of halogens is 4. The van der Waals surface area contributed by atoms with Gasteiger partial charge in [0.25, 0.3) is 5.91 Å². The van der Waals surface area contributed by atoms with Gasteiger partial charge >= 0.3 is 12.3 Å². The lowest BCUT2D eigenvalue weighted by Gasteiger charge is -2.34. The Morgan fingerprint density at radius 2 is 1.71 bits per heavy atom. The lowest BCUT2D eigenvalue weighted by atomic mass is 9.88. The summed E-state index contributed by atoms with van der Waals surface area (Å²) in [6, 6.07) is 4.03. The Bertz CT molecular complexity index is 2080. The molecule has 0 radical (unpaired) electrons. The van der Waals surface area contributed by atoms with E-state index < -0.39 is 92.6 Å².